The van der Waals surface area contributed by atoms with Crippen molar-refractivity contribution in [1.82, 2.24) is 14.8 Å². The van der Waals surface area contributed by atoms with Crippen LogP contribution in [0.3, 0.4) is 0 Å². The number of ether oxygens (including phenoxy) is 1. The Labute approximate surface area is 128 Å². The number of rotatable bonds is 5. The molecular weight excluding hydrogens is 286 g/mol. The highest BCUT2D eigenvalue weighted by molar-refractivity contribution is 7.71. The molecule has 5 nitrogen and oxygen atoms in total. The van der Waals surface area contributed by atoms with Crippen LogP contribution in [0, 0.1) is 10.7 Å². The molecule has 1 heterocycles. The normalized spacial score (nSPS) is 11.9. The van der Waals surface area contributed by atoms with Gasteiger partial charge in [0.05, 0.1) is 12.7 Å². The summed E-state index contributed by atoms with van der Waals surface area (Å²) in [6.07, 6.45) is 1.77. The zero-order valence-corrected chi connectivity index (χ0v) is 12.8. The summed E-state index contributed by atoms with van der Waals surface area (Å²) in [5.74, 6) is 1.14. The van der Waals surface area contributed by atoms with E-state index in [1.54, 1.807) is 22.8 Å². The fourth-order valence-electron chi connectivity index (χ4n) is 1.91. The fourth-order valence-corrected chi connectivity index (χ4v) is 2.16. The van der Waals surface area contributed by atoms with Crippen LogP contribution in [-0.2, 0) is 0 Å². The maximum Gasteiger partial charge on any atom is 0.199 e. The third-order valence-corrected chi connectivity index (χ3v) is 3.56. The maximum atomic E-state index is 10.2. The highest BCUT2D eigenvalue weighted by Crippen LogP contribution is 2.33. The average molecular weight is 303 g/mol. The Morgan fingerprint density at radius 3 is 2.86 bits per heavy atom. The van der Waals surface area contributed by atoms with Crippen molar-refractivity contribution in [2.75, 3.05) is 7.11 Å². The number of nitrogens with zero attached hydrogens (tertiary/aromatic N) is 2. The minimum Gasteiger partial charge on any atom is -0.507 e. The molecule has 0 saturated carbocycles. The van der Waals surface area contributed by atoms with E-state index < -0.39 is 0 Å². The third-order valence-electron chi connectivity index (χ3n) is 3.28. The number of H-pyrrole nitrogens is 1. The van der Waals surface area contributed by atoms with Crippen LogP contribution in [-0.4, -0.2) is 27.0 Å². The molecule has 1 unspecified atom stereocenters. The minimum atomic E-state index is 0.0217. The van der Waals surface area contributed by atoms with Gasteiger partial charge in [0.25, 0.3) is 0 Å². The van der Waals surface area contributed by atoms with E-state index >= 15 is 0 Å². The molecule has 110 valence electrons. The Balaban J connectivity index is 2.59. The van der Waals surface area contributed by atoms with Crippen molar-refractivity contribution < 1.29 is 9.84 Å². The molecule has 2 aromatic rings. The molecule has 1 aromatic carbocycles. The van der Waals surface area contributed by atoms with Gasteiger partial charge in [-0.1, -0.05) is 19.6 Å². The summed E-state index contributed by atoms with van der Waals surface area (Å²) in [4.78, 5) is 0. The lowest BCUT2D eigenvalue weighted by molar-refractivity contribution is 0.408. The van der Waals surface area contributed by atoms with E-state index in [-0.39, 0.29) is 11.7 Å². The summed E-state index contributed by atoms with van der Waals surface area (Å²) in [5, 5.41) is 17.1. The van der Waals surface area contributed by atoms with Crippen molar-refractivity contribution >= 4 is 17.9 Å². The summed E-state index contributed by atoms with van der Waals surface area (Å²) in [7, 11) is 1.54. The van der Waals surface area contributed by atoms with E-state index in [0.29, 0.717) is 21.9 Å². The maximum absolute atomic E-state index is 10.2. The summed E-state index contributed by atoms with van der Waals surface area (Å²) < 4.78 is 7.19. The Kier molecular flexibility index (Phi) is 4.28. The van der Waals surface area contributed by atoms with Crippen LogP contribution in [0.25, 0.3) is 17.1 Å². The number of aromatic hydroxyl groups is 1. The molecule has 0 bridgehead atoms. The number of phenolic OH excluding ortho intramolecular Hbond substituents is 1. The van der Waals surface area contributed by atoms with Gasteiger partial charge in [-0.3, -0.25) is 9.67 Å². The van der Waals surface area contributed by atoms with E-state index in [1.165, 1.54) is 13.2 Å². The molecule has 1 atom stereocenters. The average Bonchev–Trinajstić information content (AvgIpc) is 2.86. The van der Waals surface area contributed by atoms with Gasteiger partial charge in [0.15, 0.2) is 10.6 Å². The molecule has 0 aliphatic carbocycles. The SMILES string of the molecule is C=CC(C)C(=C)n1c(-c2ccc(OC)cc2O)n[nH]c1=S. The molecular formula is C15H17N3O2S. The van der Waals surface area contributed by atoms with Gasteiger partial charge in [-0.05, 0) is 24.4 Å². The van der Waals surface area contributed by atoms with Crippen molar-refractivity contribution in [3.8, 4) is 22.9 Å². The van der Waals surface area contributed by atoms with Crippen molar-refractivity contribution in [3.63, 3.8) is 0 Å². The highest BCUT2D eigenvalue weighted by Gasteiger charge is 2.17. The van der Waals surface area contributed by atoms with E-state index in [4.69, 9.17) is 17.0 Å². The van der Waals surface area contributed by atoms with Crippen molar-refractivity contribution in [1.29, 1.82) is 0 Å². The van der Waals surface area contributed by atoms with Crippen LogP contribution in [0.1, 0.15) is 6.92 Å². The number of aromatic nitrogens is 3. The van der Waals surface area contributed by atoms with Gasteiger partial charge in [-0.15, -0.1) is 6.58 Å². The number of hydrogen-bond donors (Lipinski definition) is 2. The zero-order chi connectivity index (χ0) is 15.6. The van der Waals surface area contributed by atoms with Crippen molar-refractivity contribution in [2.45, 2.75) is 6.92 Å². The van der Waals surface area contributed by atoms with Gasteiger partial charge < -0.3 is 9.84 Å². The molecule has 0 fully saturated rings. The van der Waals surface area contributed by atoms with E-state index in [9.17, 15) is 5.11 Å². The van der Waals surface area contributed by atoms with Gasteiger partial charge >= 0.3 is 0 Å². The second-order valence-corrected chi connectivity index (χ2v) is 4.97. The molecule has 21 heavy (non-hydrogen) atoms. The topological polar surface area (TPSA) is 63.1 Å². The highest BCUT2D eigenvalue weighted by atomic mass is 32.1. The van der Waals surface area contributed by atoms with Crippen molar-refractivity contribution in [2.24, 2.45) is 5.92 Å². The summed E-state index contributed by atoms with van der Waals surface area (Å²) >= 11 is 5.25. The Bertz CT molecular complexity index is 746. The third kappa shape index (κ3) is 2.75. The lowest BCUT2D eigenvalue weighted by atomic mass is 10.1. The number of hydrogen-bond acceptors (Lipinski definition) is 4. The first-order valence-corrected chi connectivity index (χ1v) is 6.77. The summed E-state index contributed by atoms with van der Waals surface area (Å²) in [5.41, 5.74) is 1.27. The lowest BCUT2D eigenvalue weighted by Crippen LogP contribution is -2.05. The molecule has 0 amide bonds. The van der Waals surface area contributed by atoms with Crippen LogP contribution in [0.2, 0.25) is 0 Å². The van der Waals surface area contributed by atoms with E-state index in [1.807, 2.05) is 6.92 Å². The molecule has 0 radical (unpaired) electrons. The summed E-state index contributed by atoms with van der Waals surface area (Å²) in [6, 6.07) is 5.00. The first kappa shape index (κ1) is 15.1. The largest absolute Gasteiger partial charge is 0.507 e. The second kappa shape index (κ2) is 5.97. The van der Waals surface area contributed by atoms with Crippen LogP contribution >= 0.6 is 12.2 Å². The van der Waals surface area contributed by atoms with Gasteiger partial charge in [0.2, 0.25) is 0 Å². The minimum absolute atomic E-state index is 0.0217. The lowest BCUT2D eigenvalue weighted by Gasteiger charge is -2.14. The molecule has 1 aromatic heterocycles. The number of phenols is 1. The molecule has 2 N–H and O–H groups in total. The van der Waals surface area contributed by atoms with Gasteiger partial charge in [0.1, 0.15) is 11.5 Å². The number of allylic oxidation sites excluding steroid dienone is 2. The van der Waals surface area contributed by atoms with E-state index in [0.717, 1.165) is 5.70 Å². The number of benzene rings is 1. The molecule has 2 rings (SSSR count). The molecule has 0 aliphatic heterocycles. The smallest absolute Gasteiger partial charge is 0.199 e. The molecule has 6 heteroatoms. The summed E-state index contributed by atoms with van der Waals surface area (Å²) in [6.45, 7) is 9.76. The predicted molar refractivity (Wildman–Crippen MR) is 85.8 cm³/mol. The van der Waals surface area contributed by atoms with Gasteiger partial charge in [0, 0.05) is 17.7 Å². The van der Waals surface area contributed by atoms with Gasteiger partial charge in [-0.25, -0.2) is 0 Å². The van der Waals surface area contributed by atoms with Crippen LogP contribution < -0.4 is 4.74 Å². The number of methoxy groups -OCH3 is 1. The quantitative estimate of drug-likeness (QED) is 0.654. The molecule has 0 saturated heterocycles. The molecule has 0 aliphatic rings. The number of aromatic amines is 1. The fraction of sp³-hybridized carbons (Fsp3) is 0.200. The zero-order valence-electron chi connectivity index (χ0n) is 12.0. The standard InChI is InChI=1S/C15H17N3O2S/c1-5-9(2)10(3)18-14(16-17-15(18)21)12-7-6-11(20-4)8-13(12)19/h5-9,19H,1,3H2,2,4H3,(H,17,21). The first-order chi connectivity index (χ1) is 9.99. The second-order valence-electron chi connectivity index (χ2n) is 4.59. The Hall–Kier alpha value is -2.34. The Morgan fingerprint density at radius 2 is 2.29 bits per heavy atom. The van der Waals surface area contributed by atoms with Gasteiger partial charge in [-0.2, -0.15) is 5.10 Å². The van der Waals surface area contributed by atoms with Crippen LogP contribution in [0.4, 0.5) is 0 Å². The predicted octanol–water partition coefficient (Wildman–Crippen LogP) is 3.61. The van der Waals surface area contributed by atoms with Crippen LogP contribution in [0.15, 0.2) is 37.4 Å². The first-order valence-electron chi connectivity index (χ1n) is 6.36. The Morgan fingerprint density at radius 1 is 1.57 bits per heavy atom. The van der Waals surface area contributed by atoms with Crippen LogP contribution in [0.5, 0.6) is 11.5 Å². The molecule has 0 spiro atoms. The van der Waals surface area contributed by atoms with E-state index in [2.05, 4.69) is 23.4 Å². The van der Waals surface area contributed by atoms with Crippen molar-refractivity contribution in [3.05, 3.63) is 42.2 Å². The monoisotopic (exact) mass is 303 g/mol. The number of nitrogens with one attached hydrogen (secondary N) is 1.